The van der Waals surface area contributed by atoms with Gasteiger partial charge in [0.15, 0.2) is 0 Å². The van der Waals surface area contributed by atoms with E-state index >= 15 is 0 Å². The first kappa shape index (κ1) is 14.8. The maximum absolute atomic E-state index is 11.5. The summed E-state index contributed by atoms with van der Waals surface area (Å²) < 4.78 is 0. The number of carbonyl (C=O) groups excluding carboxylic acids is 2. The lowest BCUT2D eigenvalue weighted by molar-refractivity contribution is -0.139. The van der Waals surface area contributed by atoms with Crippen molar-refractivity contribution < 1.29 is 9.59 Å². The minimum absolute atomic E-state index is 0.285. The molecule has 0 radical (unpaired) electrons. The summed E-state index contributed by atoms with van der Waals surface area (Å²) in [5.74, 6) is -1.46. The van der Waals surface area contributed by atoms with Crippen LogP contribution < -0.4 is 10.7 Å². The van der Waals surface area contributed by atoms with Crippen molar-refractivity contribution in [2.24, 2.45) is 5.10 Å². The molecule has 0 aromatic carbocycles. The molecule has 6 heteroatoms. The van der Waals surface area contributed by atoms with E-state index in [0.29, 0.717) is 0 Å². The number of aromatic nitrogens is 1. The molecule has 2 amide bonds. The lowest BCUT2D eigenvalue weighted by Gasteiger charge is -2.04. The molecule has 0 bridgehead atoms. The SMILES string of the molecule is CCC(CC)=NNC(=O)C(=O)NCc1ccncc1. The molecular weight excluding hydrogens is 244 g/mol. The third-order valence-corrected chi connectivity index (χ3v) is 2.54. The molecule has 0 aliphatic rings. The summed E-state index contributed by atoms with van der Waals surface area (Å²) in [5, 5.41) is 6.39. The normalized spacial score (nSPS) is 9.58. The van der Waals surface area contributed by atoms with Crippen molar-refractivity contribution in [3.05, 3.63) is 30.1 Å². The number of rotatable bonds is 5. The Morgan fingerprint density at radius 1 is 1.16 bits per heavy atom. The Morgan fingerprint density at radius 3 is 2.37 bits per heavy atom. The standard InChI is InChI=1S/C13H18N4O2/c1-3-11(4-2)16-17-13(19)12(18)15-9-10-5-7-14-8-6-10/h5-8H,3-4,9H2,1-2H3,(H,15,18)(H,17,19). The van der Waals surface area contributed by atoms with Crippen molar-refractivity contribution in [1.82, 2.24) is 15.7 Å². The monoisotopic (exact) mass is 262 g/mol. The van der Waals surface area contributed by atoms with Crippen LogP contribution >= 0.6 is 0 Å². The van der Waals surface area contributed by atoms with E-state index in [-0.39, 0.29) is 6.54 Å². The number of hydrogen-bond donors (Lipinski definition) is 2. The number of pyridine rings is 1. The molecule has 0 saturated carbocycles. The average molecular weight is 262 g/mol. The van der Waals surface area contributed by atoms with Gasteiger partial charge in [0.05, 0.1) is 0 Å². The van der Waals surface area contributed by atoms with Crippen molar-refractivity contribution in [3.63, 3.8) is 0 Å². The Bertz CT molecular complexity index is 451. The maximum Gasteiger partial charge on any atom is 0.329 e. The molecule has 6 nitrogen and oxygen atoms in total. The van der Waals surface area contributed by atoms with Gasteiger partial charge in [0.2, 0.25) is 0 Å². The average Bonchev–Trinajstić information content (AvgIpc) is 2.46. The van der Waals surface area contributed by atoms with E-state index in [4.69, 9.17) is 0 Å². The maximum atomic E-state index is 11.5. The third-order valence-electron chi connectivity index (χ3n) is 2.54. The van der Waals surface area contributed by atoms with E-state index < -0.39 is 11.8 Å². The topological polar surface area (TPSA) is 83.5 Å². The Balaban J connectivity index is 2.41. The highest BCUT2D eigenvalue weighted by molar-refractivity contribution is 6.35. The number of carbonyl (C=O) groups is 2. The summed E-state index contributed by atoms with van der Waals surface area (Å²) in [6.45, 7) is 4.17. The molecule has 0 aliphatic heterocycles. The van der Waals surface area contributed by atoms with Gasteiger partial charge in [0.25, 0.3) is 0 Å². The molecule has 0 aliphatic carbocycles. The molecule has 1 heterocycles. The van der Waals surface area contributed by atoms with Crippen LogP contribution in [0.25, 0.3) is 0 Å². The molecular formula is C13H18N4O2. The summed E-state index contributed by atoms with van der Waals surface area (Å²) in [4.78, 5) is 26.8. The molecule has 0 unspecified atom stereocenters. The number of nitrogens with one attached hydrogen (secondary N) is 2. The summed E-state index contributed by atoms with van der Waals surface area (Å²) in [6.07, 6.45) is 4.74. The van der Waals surface area contributed by atoms with Crippen molar-refractivity contribution in [3.8, 4) is 0 Å². The highest BCUT2D eigenvalue weighted by Crippen LogP contribution is 1.94. The Hall–Kier alpha value is -2.24. The predicted octanol–water partition coefficient (Wildman–Crippen LogP) is 0.990. The number of hydrazone groups is 1. The fourth-order valence-electron chi connectivity index (χ4n) is 1.35. The van der Waals surface area contributed by atoms with Gasteiger partial charge in [-0.25, -0.2) is 5.43 Å². The lowest BCUT2D eigenvalue weighted by Crippen LogP contribution is -2.37. The molecule has 1 aromatic heterocycles. The van der Waals surface area contributed by atoms with Crippen LogP contribution in [0.3, 0.4) is 0 Å². The second kappa shape index (κ2) is 7.97. The van der Waals surface area contributed by atoms with Crippen molar-refractivity contribution >= 4 is 17.5 Å². The van der Waals surface area contributed by atoms with E-state index in [0.717, 1.165) is 24.1 Å². The first-order chi connectivity index (χ1) is 9.17. The van der Waals surface area contributed by atoms with Gasteiger partial charge in [-0.1, -0.05) is 13.8 Å². The van der Waals surface area contributed by atoms with E-state index in [1.165, 1.54) is 0 Å². The van der Waals surface area contributed by atoms with Gasteiger partial charge < -0.3 is 5.32 Å². The van der Waals surface area contributed by atoms with E-state index in [1.54, 1.807) is 24.5 Å². The minimum Gasteiger partial charge on any atom is -0.344 e. The Labute approximate surface area is 112 Å². The van der Waals surface area contributed by atoms with Crippen LogP contribution in [0.2, 0.25) is 0 Å². The van der Waals surface area contributed by atoms with E-state index in [9.17, 15) is 9.59 Å². The predicted molar refractivity (Wildman–Crippen MR) is 72.2 cm³/mol. The largest absolute Gasteiger partial charge is 0.344 e. The van der Waals surface area contributed by atoms with E-state index in [1.807, 2.05) is 13.8 Å². The molecule has 1 aromatic rings. The van der Waals surface area contributed by atoms with Gasteiger partial charge in [-0.05, 0) is 30.5 Å². The van der Waals surface area contributed by atoms with Crippen molar-refractivity contribution in [2.75, 3.05) is 0 Å². The van der Waals surface area contributed by atoms with Crippen LogP contribution in [-0.2, 0) is 16.1 Å². The van der Waals surface area contributed by atoms with Crippen molar-refractivity contribution in [2.45, 2.75) is 33.2 Å². The minimum atomic E-state index is -0.756. The fraction of sp³-hybridized carbons (Fsp3) is 0.385. The van der Waals surface area contributed by atoms with Gasteiger partial charge >= 0.3 is 11.8 Å². The molecule has 0 fully saturated rings. The first-order valence-corrected chi connectivity index (χ1v) is 6.19. The summed E-state index contributed by atoms with van der Waals surface area (Å²) >= 11 is 0. The van der Waals surface area contributed by atoms with Crippen LogP contribution in [0.4, 0.5) is 0 Å². The quantitative estimate of drug-likeness (QED) is 0.471. The molecule has 0 atom stereocenters. The number of nitrogens with zero attached hydrogens (tertiary/aromatic N) is 2. The second-order valence-corrected chi connectivity index (χ2v) is 3.86. The molecule has 102 valence electrons. The molecule has 1 rings (SSSR count). The van der Waals surface area contributed by atoms with Crippen LogP contribution in [0.5, 0.6) is 0 Å². The zero-order valence-electron chi connectivity index (χ0n) is 11.1. The zero-order chi connectivity index (χ0) is 14.1. The summed E-state index contributed by atoms with van der Waals surface area (Å²) in [5.41, 5.74) is 3.97. The van der Waals surface area contributed by atoms with Crippen LogP contribution in [0, 0.1) is 0 Å². The number of hydrogen-bond acceptors (Lipinski definition) is 4. The molecule has 19 heavy (non-hydrogen) atoms. The summed E-state index contributed by atoms with van der Waals surface area (Å²) in [6, 6.07) is 3.53. The van der Waals surface area contributed by atoms with Gasteiger partial charge in [-0.3, -0.25) is 14.6 Å². The highest BCUT2D eigenvalue weighted by atomic mass is 16.2. The van der Waals surface area contributed by atoms with Crippen LogP contribution in [0.1, 0.15) is 32.3 Å². The second-order valence-electron chi connectivity index (χ2n) is 3.86. The van der Waals surface area contributed by atoms with Gasteiger partial charge in [-0.2, -0.15) is 5.10 Å². The smallest absolute Gasteiger partial charge is 0.329 e. The Morgan fingerprint density at radius 2 is 1.79 bits per heavy atom. The van der Waals surface area contributed by atoms with Gasteiger partial charge in [-0.15, -0.1) is 0 Å². The van der Waals surface area contributed by atoms with Crippen LogP contribution in [0.15, 0.2) is 29.6 Å². The van der Waals surface area contributed by atoms with Gasteiger partial charge in [0.1, 0.15) is 0 Å². The molecule has 0 saturated heterocycles. The molecule has 0 spiro atoms. The highest BCUT2D eigenvalue weighted by Gasteiger charge is 2.12. The van der Waals surface area contributed by atoms with E-state index in [2.05, 4.69) is 20.8 Å². The first-order valence-electron chi connectivity index (χ1n) is 6.19. The van der Waals surface area contributed by atoms with Crippen LogP contribution in [-0.4, -0.2) is 22.5 Å². The molecule has 2 N–H and O–H groups in total. The lowest BCUT2D eigenvalue weighted by atomic mass is 10.2. The van der Waals surface area contributed by atoms with Crippen molar-refractivity contribution in [1.29, 1.82) is 0 Å². The summed E-state index contributed by atoms with van der Waals surface area (Å²) in [7, 11) is 0. The fourth-order valence-corrected chi connectivity index (χ4v) is 1.35. The van der Waals surface area contributed by atoms with Gasteiger partial charge in [0, 0.05) is 24.7 Å². The number of amides is 2. The third kappa shape index (κ3) is 5.29. The Kier molecular flexibility index (Phi) is 6.21. The zero-order valence-corrected chi connectivity index (χ0v) is 11.1.